The van der Waals surface area contributed by atoms with Gasteiger partial charge in [-0.3, -0.25) is 0 Å². The van der Waals surface area contributed by atoms with E-state index in [9.17, 15) is 49.5 Å². The number of rotatable bonds is 10. The second-order valence-electron chi connectivity index (χ2n) is 6.02. The Labute approximate surface area is 300 Å². The number of hydrogen-bond donors (Lipinski definition) is 10. The van der Waals surface area contributed by atoms with Gasteiger partial charge in [-0.05, 0) is 79.6 Å². The zero-order valence-electron chi connectivity index (χ0n) is 20.3. The maximum atomic E-state index is 9.68. The molecule has 20 nitrogen and oxygen atoms in total. The smallest absolute Gasteiger partial charge is 0.546 e. The summed E-state index contributed by atoms with van der Waals surface area (Å²) >= 11 is 11.4. The molecule has 0 heterocycles. The predicted molar refractivity (Wildman–Crippen MR) is 136 cm³/mol. The van der Waals surface area contributed by atoms with Crippen LogP contribution in [0.4, 0.5) is 0 Å². The fourth-order valence-corrected chi connectivity index (χ4v) is 0.323. The molecule has 5 atom stereocenters. The number of carbonyl (C=O) groups excluding carboxylic acids is 5. The molecule has 42 heavy (non-hydrogen) atoms. The summed E-state index contributed by atoms with van der Waals surface area (Å²) in [7, 11) is 0. The van der Waals surface area contributed by atoms with Crippen LogP contribution in [0.1, 0.15) is 0 Å². The standard InChI is InChI=1S/5C3H5BrO4.Al.Zn/c5*4-3(8,1-5)2(6)7;;/h5*5,8H,1H2,(H,6,7);;/q;;;;;+3;+2/p-5. The van der Waals surface area contributed by atoms with Gasteiger partial charge in [-0.1, -0.05) is 0 Å². The fourth-order valence-electron chi connectivity index (χ4n) is 0.323. The molecule has 0 spiro atoms. The van der Waals surface area contributed by atoms with Crippen molar-refractivity contribution in [2.24, 2.45) is 0 Å². The van der Waals surface area contributed by atoms with Crippen molar-refractivity contribution in [1.82, 2.24) is 0 Å². The number of aliphatic hydroxyl groups excluding tert-OH is 5. The molecule has 0 saturated heterocycles. The first kappa shape index (κ1) is 58.1. The van der Waals surface area contributed by atoms with Gasteiger partial charge in [-0.15, -0.1) is 0 Å². The molecule has 0 aromatic carbocycles. The molecule has 27 heteroatoms. The van der Waals surface area contributed by atoms with E-state index in [1.807, 2.05) is 0 Å². The molecular formula is C15H20AlBr5O20Zn. The number of aliphatic carboxylic acids is 5. The quantitative estimate of drug-likeness (QED) is 0.0717. The van der Waals surface area contributed by atoms with Gasteiger partial charge in [0.05, 0.1) is 62.9 Å². The Kier molecular flexibility index (Phi) is 36.9. The molecule has 0 aliphatic rings. The summed E-state index contributed by atoms with van der Waals surface area (Å²) in [6.45, 7) is -4.54. The Hall–Kier alpha value is 0.506. The molecule has 0 bridgehead atoms. The van der Waals surface area contributed by atoms with Crippen molar-refractivity contribution in [1.29, 1.82) is 0 Å². The summed E-state index contributed by atoms with van der Waals surface area (Å²) < 4.78 is -11.4. The summed E-state index contributed by atoms with van der Waals surface area (Å²) in [5, 5.41) is 131. The monoisotopic (exact) mass is 1010 g/mol. The normalized spacial score (nSPS) is 16.5. The van der Waals surface area contributed by atoms with E-state index in [0.717, 1.165) is 0 Å². The first-order valence-corrected chi connectivity index (χ1v) is 12.7. The number of alkyl halides is 5. The minimum absolute atomic E-state index is 0. The average molecular weight is 1010 g/mol. The van der Waals surface area contributed by atoms with E-state index in [0.29, 0.717) is 0 Å². The van der Waals surface area contributed by atoms with Gasteiger partial charge < -0.3 is 101 Å². The van der Waals surface area contributed by atoms with Crippen LogP contribution in [0.2, 0.25) is 0 Å². The Bertz CT molecular complexity index is 662. The fraction of sp³-hybridized carbons (Fsp3) is 0.667. The van der Waals surface area contributed by atoms with Crippen LogP contribution in [0.15, 0.2) is 0 Å². The van der Waals surface area contributed by atoms with Gasteiger partial charge in [0.15, 0.2) is 22.6 Å². The molecule has 0 aromatic heterocycles. The molecule has 0 fully saturated rings. The van der Waals surface area contributed by atoms with Gasteiger partial charge in [0, 0.05) is 0 Å². The summed E-state index contributed by atoms with van der Waals surface area (Å²) in [4.78, 5) is 48.4. The van der Waals surface area contributed by atoms with Gasteiger partial charge in [0.25, 0.3) is 0 Å². The molecule has 0 saturated carbocycles. The van der Waals surface area contributed by atoms with E-state index < -0.39 is 85.4 Å². The molecule has 0 aromatic rings. The zero-order chi connectivity index (χ0) is 33.9. The summed E-state index contributed by atoms with van der Waals surface area (Å²) in [5.41, 5.74) is 0. The van der Waals surface area contributed by atoms with E-state index in [4.69, 9.17) is 51.1 Å². The number of hydrogen-bond acceptors (Lipinski definition) is 20. The molecule has 240 valence electrons. The third kappa shape index (κ3) is 30.5. The number of halogens is 5. The second-order valence-corrected chi connectivity index (χ2v) is 12.6. The van der Waals surface area contributed by atoms with Crippen LogP contribution < -0.4 is 25.5 Å². The number of carbonyl (C=O) groups is 5. The van der Waals surface area contributed by atoms with E-state index >= 15 is 0 Å². The Morgan fingerprint density at radius 2 is 0.476 bits per heavy atom. The van der Waals surface area contributed by atoms with E-state index in [2.05, 4.69) is 79.6 Å². The first-order chi connectivity index (χ1) is 17.5. The van der Waals surface area contributed by atoms with Crippen molar-refractivity contribution in [3.05, 3.63) is 0 Å². The van der Waals surface area contributed by atoms with Crippen molar-refractivity contribution >= 4 is 127 Å². The van der Waals surface area contributed by atoms with Crippen molar-refractivity contribution in [2.45, 2.75) is 22.6 Å². The zero-order valence-corrected chi connectivity index (χ0v) is 32.3. The third-order valence-corrected chi connectivity index (χ3v) is 5.48. The SMILES string of the molecule is O=C([O-])C(O)(Br)CO.O=C([O-])C(O)(Br)CO.O=C([O-])C(O)(Br)CO.O=C([O-])C(O)(Br)CO.O=C([O-])C(O)(Br)CO.[Al+3].[Zn+2]. The van der Waals surface area contributed by atoms with E-state index in [-0.39, 0.29) is 36.8 Å². The van der Waals surface area contributed by atoms with Gasteiger partial charge in [-0.25, -0.2) is 0 Å². The van der Waals surface area contributed by atoms with Crippen LogP contribution in [0, 0.1) is 0 Å². The topological polar surface area (TPSA) is 403 Å². The molecule has 0 aliphatic heterocycles. The van der Waals surface area contributed by atoms with Crippen LogP contribution in [-0.2, 0) is 43.5 Å². The predicted octanol–water partition coefficient (Wildman–Crippen LogP) is -11.3. The molecule has 5 unspecified atom stereocenters. The maximum Gasteiger partial charge on any atom is 3.00 e. The number of carboxylic acids is 5. The summed E-state index contributed by atoms with van der Waals surface area (Å²) in [5.74, 6) is -8.75. The first-order valence-electron chi connectivity index (χ1n) is 8.70. The molecule has 0 rings (SSSR count). The van der Waals surface area contributed by atoms with Crippen LogP contribution in [0.5, 0.6) is 0 Å². The van der Waals surface area contributed by atoms with Crippen molar-refractivity contribution in [2.75, 3.05) is 33.0 Å². The number of carboxylic acid groups (broad SMARTS) is 5. The van der Waals surface area contributed by atoms with E-state index in [1.165, 1.54) is 0 Å². The minimum atomic E-state index is -2.28. The van der Waals surface area contributed by atoms with Crippen LogP contribution in [0.25, 0.3) is 0 Å². The minimum Gasteiger partial charge on any atom is -0.546 e. The maximum absolute atomic E-state index is 9.68. The molecule has 0 aliphatic carbocycles. The van der Waals surface area contributed by atoms with Crippen LogP contribution in [0.3, 0.4) is 0 Å². The molecule has 0 radical (unpaired) electrons. The number of aliphatic hydroxyl groups is 10. The van der Waals surface area contributed by atoms with Crippen molar-refractivity contribution < 1.29 is 120 Å². The Morgan fingerprint density at radius 1 is 0.405 bits per heavy atom. The molecule has 0 amide bonds. The summed E-state index contributed by atoms with van der Waals surface area (Å²) in [6, 6.07) is 0. The molecular weight excluding hydrogens is 992 g/mol. The second kappa shape index (κ2) is 26.7. The van der Waals surface area contributed by atoms with Gasteiger partial charge in [-0.2, -0.15) is 0 Å². The van der Waals surface area contributed by atoms with Gasteiger partial charge in [0.1, 0.15) is 0 Å². The van der Waals surface area contributed by atoms with E-state index in [1.54, 1.807) is 0 Å². The van der Waals surface area contributed by atoms with Crippen LogP contribution >= 0.6 is 79.6 Å². The largest absolute Gasteiger partial charge is 3.00 e. The molecule has 10 N–H and O–H groups in total. The van der Waals surface area contributed by atoms with Crippen molar-refractivity contribution in [3.8, 4) is 0 Å². The van der Waals surface area contributed by atoms with Crippen molar-refractivity contribution in [3.63, 3.8) is 0 Å². The summed E-state index contributed by atoms with van der Waals surface area (Å²) in [6.07, 6.45) is 0. The average Bonchev–Trinajstić information content (AvgIpc) is 2.84. The Balaban J connectivity index is -0.0000000721. The third-order valence-electron chi connectivity index (χ3n) is 2.61. The van der Waals surface area contributed by atoms with Gasteiger partial charge in [0.2, 0.25) is 0 Å². The Morgan fingerprint density at radius 3 is 0.476 bits per heavy atom. The van der Waals surface area contributed by atoms with Gasteiger partial charge >= 0.3 is 36.8 Å². The van der Waals surface area contributed by atoms with Crippen LogP contribution in [-0.4, -0.2) is 154 Å².